The van der Waals surface area contributed by atoms with Crippen LogP contribution in [0.1, 0.15) is 11.1 Å². The van der Waals surface area contributed by atoms with Gasteiger partial charge in [0.1, 0.15) is 5.82 Å². The number of halogens is 2. The molecule has 10 heteroatoms. The highest BCUT2D eigenvalue weighted by atomic mass is 127. The smallest absolute Gasteiger partial charge is 0.269 e. The van der Waals surface area contributed by atoms with E-state index in [9.17, 15) is 19.3 Å². The molecule has 8 nitrogen and oxygen atoms in total. The normalized spacial score (nSPS) is 10.7. The Morgan fingerprint density at radius 2 is 1.80 bits per heavy atom. The summed E-state index contributed by atoms with van der Waals surface area (Å²) in [4.78, 5) is 30.0. The fourth-order valence-electron chi connectivity index (χ4n) is 2.50. The molecule has 1 N–H and O–H groups in total. The van der Waals surface area contributed by atoms with Crippen molar-refractivity contribution < 1.29 is 14.1 Å². The molecule has 2 rings (SSSR count). The van der Waals surface area contributed by atoms with Crippen LogP contribution in [-0.2, 0) is 17.9 Å². The fourth-order valence-corrected chi connectivity index (χ4v) is 2.50. The van der Waals surface area contributed by atoms with Crippen molar-refractivity contribution in [3.8, 4) is 0 Å². The van der Waals surface area contributed by atoms with Crippen LogP contribution in [0, 0.1) is 15.9 Å². The minimum absolute atomic E-state index is 0. The lowest BCUT2D eigenvalue weighted by atomic mass is 10.2. The summed E-state index contributed by atoms with van der Waals surface area (Å²) in [6.07, 6.45) is 0. The molecule has 0 spiro atoms. The third-order valence-corrected chi connectivity index (χ3v) is 4.13. The maximum atomic E-state index is 13.5. The third kappa shape index (κ3) is 7.93. The molecule has 2 aromatic rings. The molecule has 1 amide bonds. The predicted molar refractivity (Wildman–Crippen MR) is 124 cm³/mol. The van der Waals surface area contributed by atoms with Crippen LogP contribution in [0.2, 0.25) is 0 Å². The van der Waals surface area contributed by atoms with Crippen molar-refractivity contribution in [2.24, 2.45) is 4.99 Å². The number of nitrogens with zero attached hydrogens (tertiary/aromatic N) is 4. The number of carbonyl (C=O) groups is 1. The van der Waals surface area contributed by atoms with Crippen molar-refractivity contribution in [2.75, 3.05) is 27.7 Å². The van der Waals surface area contributed by atoms with E-state index in [1.165, 1.54) is 29.2 Å². The Hall–Kier alpha value is -2.76. The second-order valence-electron chi connectivity index (χ2n) is 6.69. The summed E-state index contributed by atoms with van der Waals surface area (Å²) >= 11 is 0. The predicted octanol–water partition coefficient (Wildman–Crippen LogP) is 3.02. The summed E-state index contributed by atoms with van der Waals surface area (Å²) in [6.45, 7) is 0.712. The van der Waals surface area contributed by atoms with Crippen LogP contribution in [0.15, 0.2) is 53.5 Å². The van der Waals surface area contributed by atoms with Crippen LogP contribution in [0.25, 0.3) is 0 Å². The molecule has 0 atom stereocenters. The third-order valence-electron chi connectivity index (χ3n) is 4.13. The highest BCUT2D eigenvalue weighted by molar-refractivity contribution is 14.0. The zero-order chi connectivity index (χ0) is 21.4. The minimum atomic E-state index is -0.459. The van der Waals surface area contributed by atoms with Gasteiger partial charge in [0.15, 0.2) is 5.96 Å². The summed E-state index contributed by atoms with van der Waals surface area (Å²) < 4.78 is 13.5. The van der Waals surface area contributed by atoms with Crippen LogP contribution in [0.4, 0.5) is 10.1 Å². The molecule has 0 unspecified atom stereocenters. The highest BCUT2D eigenvalue weighted by Crippen LogP contribution is 2.13. The van der Waals surface area contributed by atoms with Gasteiger partial charge in [-0.05, 0) is 23.3 Å². The molecule has 0 heterocycles. The fraction of sp³-hybridized carbons (Fsp3) is 0.300. The summed E-state index contributed by atoms with van der Waals surface area (Å²) in [6, 6.07) is 12.4. The second kappa shape index (κ2) is 12.1. The van der Waals surface area contributed by atoms with E-state index >= 15 is 0 Å². The van der Waals surface area contributed by atoms with Gasteiger partial charge in [0.2, 0.25) is 5.91 Å². The van der Waals surface area contributed by atoms with Gasteiger partial charge in [-0.25, -0.2) is 9.38 Å². The van der Waals surface area contributed by atoms with E-state index in [1.54, 1.807) is 50.3 Å². The molecule has 0 saturated heterocycles. The standard InChI is InChI=1S/C20H24FN5O3.HI/c1-24(2)19(27)13-23-20(25(3)14-16-5-4-6-17(21)11-16)22-12-15-7-9-18(10-8-15)26(28)29;/h4-11H,12-14H2,1-3H3,(H,22,23);1H. The van der Waals surface area contributed by atoms with Gasteiger partial charge in [0.05, 0.1) is 18.0 Å². The molecule has 30 heavy (non-hydrogen) atoms. The first-order chi connectivity index (χ1) is 13.8. The Kier molecular flexibility index (Phi) is 10.2. The van der Waals surface area contributed by atoms with Crippen LogP contribution < -0.4 is 5.32 Å². The molecule has 0 aliphatic rings. The number of benzene rings is 2. The van der Waals surface area contributed by atoms with Crippen molar-refractivity contribution in [1.29, 1.82) is 0 Å². The highest BCUT2D eigenvalue weighted by Gasteiger charge is 2.11. The summed E-state index contributed by atoms with van der Waals surface area (Å²) in [5.74, 6) is 0.0195. The lowest BCUT2D eigenvalue weighted by molar-refractivity contribution is -0.384. The average molecular weight is 529 g/mol. The van der Waals surface area contributed by atoms with E-state index in [0.717, 1.165) is 11.1 Å². The molecule has 162 valence electrons. The van der Waals surface area contributed by atoms with Crippen LogP contribution in [0.3, 0.4) is 0 Å². The Morgan fingerprint density at radius 1 is 1.13 bits per heavy atom. The Bertz CT molecular complexity index is 890. The molecular formula is C20H25FIN5O3. The number of non-ortho nitro benzene ring substituents is 1. The van der Waals surface area contributed by atoms with Gasteiger partial charge < -0.3 is 15.1 Å². The molecule has 0 aromatic heterocycles. The number of carbonyl (C=O) groups excluding carboxylic acids is 1. The topological polar surface area (TPSA) is 91.1 Å². The molecule has 0 aliphatic carbocycles. The summed E-state index contributed by atoms with van der Waals surface area (Å²) in [7, 11) is 5.11. The molecule has 0 bridgehead atoms. The average Bonchev–Trinajstić information content (AvgIpc) is 2.67. The van der Waals surface area contributed by atoms with Crippen molar-refractivity contribution in [1.82, 2.24) is 15.1 Å². The van der Waals surface area contributed by atoms with Crippen molar-refractivity contribution in [3.05, 3.63) is 75.6 Å². The molecule has 2 aromatic carbocycles. The second-order valence-corrected chi connectivity index (χ2v) is 6.69. The van der Waals surface area contributed by atoms with Gasteiger partial charge in [-0.15, -0.1) is 24.0 Å². The molecule has 0 radical (unpaired) electrons. The number of hydrogen-bond donors (Lipinski definition) is 1. The zero-order valence-electron chi connectivity index (χ0n) is 17.0. The van der Waals surface area contributed by atoms with Gasteiger partial charge in [0, 0.05) is 39.8 Å². The summed E-state index contributed by atoms with van der Waals surface area (Å²) in [5, 5.41) is 13.8. The number of rotatable bonds is 7. The minimum Gasteiger partial charge on any atom is -0.347 e. The van der Waals surface area contributed by atoms with Gasteiger partial charge in [-0.2, -0.15) is 0 Å². The Labute approximate surface area is 191 Å². The largest absolute Gasteiger partial charge is 0.347 e. The van der Waals surface area contributed by atoms with E-state index in [-0.39, 0.29) is 54.5 Å². The maximum Gasteiger partial charge on any atom is 0.269 e. The zero-order valence-corrected chi connectivity index (χ0v) is 19.4. The molecular weight excluding hydrogens is 504 g/mol. The van der Waals surface area contributed by atoms with Crippen molar-refractivity contribution in [3.63, 3.8) is 0 Å². The van der Waals surface area contributed by atoms with Crippen molar-refractivity contribution >= 4 is 41.5 Å². The number of hydrogen-bond acceptors (Lipinski definition) is 4. The van der Waals surface area contributed by atoms with E-state index in [4.69, 9.17) is 0 Å². The lowest BCUT2D eigenvalue weighted by Gasteiger charge is -2.23. The van der Waals surface area contributed by atoms with Gasteiger partial charge >= 0.3 is 0 Å². The Balaban J connectivity index is 0.00000450. The first-order valence-corrected chi connectivity index (χ1v) is 8.93. The molecule has 0 aliphatic heterocycles. The first kappa shape index (κ1) is 25.3. The summed E-state index contributed by atoms with van der Waals surface area (Å²) in [5.41, 5.74) is 1.56. The SMILES string of the molecule is CN(C)C(=O)CNC(=NCc1ccc([N+](=O)[O-])cc1)N(C)Cc1cccc(F)c1.I. The number of nitro groups is 1. The van der Waals surface area contributed by atoms with Crippen LogP contribution in [0.5, 0.6) is 0 Å². The maximum absolute atomic E-state index is 13.5. The quantitative estimate of drug-likeness (QED) is 0.196. The van der Waals surface area contributed by atoms with E-state index in [2.05, 4.69) is 10.3 Å². The van der Waals surface area contributed by atoms with Crippen LogP contribution in [-0.4, -0.2) is 54.3 Å². The Morgan fingerprint density at radius 3 is 2.37 bits per heavy atom. The number of likely N-dealkylation sites (N-methyl/N-ethyl adjacent to an activating group) is 1. The monoisotopic (exact) mass is 529 g/mol. The van der Waals surface area contributed by atoms with Gasteiger partial charge in [-0.3, -0.25) is 14.9 Å². The van der Waals surface area contributed by atoms with E-state index < -0.39 is 4.92 Å². The number of nitro benzene ring substituents is 1. The van der Waals surface area contributed by atoms with Crippen LogP contribution >= 0.6 is 24.0 Å². The number of amides is 1. The molecule has 0 saturated carbocycles. The lowest BCUT2D eigenvalue weighted by Crippen LogP contribution is -2.43. The van der Waals surface area contributed by atoms with Crippen molar-refractivity contribution in [2.45, 2.75) is 13.1 Å². The van der Waals surface area contributed by atoms with E-state index in [0.29, 0.717) is 12.5 Å². The van der Waals surface area contributed by atoms with E-state index in [1.807, 2.05) is 0 Å². The number of aliphatic imine (C=N–C) groups is 1. The number of nitrogens with one attached hydrogen (secondary N) is 1. The van der Waals surface area contributed by atoms with Gasteiger partial charge in [-0.1, -0.05) is 24.3 Å². The number of guanidine groups is 1. The first-order valence-electron chi connectivity index (χ1n) is 8.93. The molecule has 0 fully saturated rings. The van der Waals surface area contributed by atoms with Gasteiger partial charge in [0.25, 0.3) is 5.69 Å².